The van der Waals surface area contributed by atoms with E-state index >= 15 is 0 Å². The number of aromatic nitrogens is 2. The highest BCUT2D eigenvalue weighted by Crippen LogP contribution is 2.19. The molecule has 2 rings (SSSR count). The first-order valence-corrected chi connectivity index (χ1v) is 8.12. The summed E-state index contributed by atoms with van der Waals surface area (Å²) in [6, 6.07) is -0.289. The molecule has 1 atom stereocenters. The number of sulfone groups is 1. The topological polar surface area (TPSA) is 80.2 Å². The maximum absolute atomic E-state index is 12.3. The van der Waals surface area contributed by atoms with Crippen LogP contribution in [0.1, 0.15) is 23.8 Å². The van der Waals surface area contributed by atoms with Gasteiger partial charge in [-0.05, 0) is 13.3 Å². The van der Waals surface area contributed by atoms with Crippen LogP contribution in [0, 0.1) is 0 Å². The minimum atomic E-state index is -3.03. The molecule has 0 spiro atoms. The first kappa shape index (κ1) is 14.2. The van der Waals surface area contributed by atoms with E-state index in [0.717, 1.165) is 0 Å². The Morgan fingerprint density at radius 1 is 1.53 bits per heavy atom. The summed E-state index contributed by atoms with van der Waals surface area (Å²) in [6.07, 6.45) is 3.14. The molecule has 8 heteroatoms. The van der Waals surface area contributed by atoms with Gasteiger partial charge in [0, 0.05) is 12.6 Å². The molecule has 1 unspecified atom stereocenters. The van der Waals surface area contributed by atoms with Crippen molar-refractivity contribution >= 4 is 27.3 Å². The quantitative estimate of drug-likeness (QED) is 0.824. The van der Waals surface area contributed by atoms with E-state index in [2.05, 4.69) is 9.97 Å². The Hall–Kier alpha value is -1.21. The molecule has 0 N–H and O–H groups in total. The smallest absolute Gasteiger partial charge is 0.274 e. The van der Waals surface area contributed by atoms with Gasteiger partial charge in [-0.15, -0.1) is 0 Å². The van der Waals surface area contributed by atoms with Gasteiger partial charge in [0.25, 0.3) is 5.91 Å². The van der Waals surface area contributed by atoms with E-state index in [9.17, 15) is 13.2 Å². The second-order valence-corrected chi connectivity index (χ2v) is 6.99. The minimum absolute atomic E-state index is 0.0145. The van der Waals surface area contributed by atoms with Crippen LogP contribution in [0.5, 0.6) is 0 Å². The fourth-order valence-corrected chi connectivity index (χ4v) is 4.06. The van der Waals surface area contributed by atoms with Crippen molar-refractivity contribution in [3.05, 3.63) is 23.2 Å². The largest absolute Gasteiger partial charge is 0.334 e. The molecule has 2 heterocycles. The Kier molecular flexibility index (Phi) is 4.05. The summed E-state index contributed by atoms with van der Waals surface area (Å²) in [5.74, 6) is -0.192. The van der Waals surface area contributed by atoms with Crippen LogP contribution >= 0.6 is 11.6 Å². The molecule has 0 saturated carbocycles. The lowest BCUT2D eigenvalue weighted by atomic mass is 10.2. The van der Waals surface area contributed by atoms with Crippen LogP contribution in [0.2, 0.25) is 5.15 Å². The van der Waals surface area contributed by atoms with Crippen molar-refractivity contribution in [2.75, 3.05) is 18.1 Å². The van der Waals surface area contributed by atoms with Gasteiger partial charge in [-0.2, -0.15) is 0 Å². The molecule has 1 fully saturated rings. The van der Waals surface area contributed by atoms with Gasteiger partial charge in [-0.25, -0.2) is 13.4 Å². The second kappa shape index (κ2) is 5.42. The van der Waals surface area contributed by atoms with E-state index in [-0.39, 0.29) is 34.3 Å². The van der Waals surface area contributed by atoms with Crippen molar-refractivity contribution in [3.8, 4) is 0 Å². The van der Waals surface area contributed by atoms with E-state index in [0.29, 0.717) is 13.0 Å². The number of halogens is 1. The molecule has 1 aliphatic rings. The number of hydrogen-bond acceptors (Lipinski definition) is 5. The first-order chi connectivity index (χ1) is 8.93. The van der Waals surface area contributed by atoms with Gasteiger partial charge in [0.05, 0.1) is 23.9 Å². The lowest BCUT2D eigenvalue weighted by Gasteiger charge is -2.26. The van der Waals surface area contributed by atoms with Gasteiger partial charge in [-0.3, -0.25) is 9.78 Å². The third kappa shape index (κ3) is 3.22. The van der Waals surface area contributed by atoms with E-state index in [4.69, 9.17) is 11.6 Å². The minimum Gasteiger partial charge on any atom is -0.334 e. The van der Waals surface area contributed by atoms with Crippen LogP contribution < -0.4 is 0 Å². The number of carbonyl (C=O) groups excluding carboxylic acids is 1. The molecule has 0 aliphatic carbocycles. The Balaban J connectivity index is 2.21. The molecular weight excluding hydrogens is 290 g/mol. The van der Waals surface area contributed by atoms with E-state index < -0.39 is 9.84 Å². The standard InChI is InChI=1S/C11H14ClN3O3S/c1-2-15(8-3-4-19(17,18)7-8)11(16)9-5-13-6-10(12)14-9/h5-6,8H,2-4,7H2,1H3. The van der Waals surface area contributed by atoms with E-state index in [1.54, 1.807) is 6.92 Å². The van der Waals surface area contributed by atoms with Crippen LogP contribution in [0.4, 0.5) is 0 Å². The molecule has 1 saturated heterocycles. The van der Waals surface area contributed by atoms with Crippen LogP contribution in [0.15, 0.2) is 12.4 Å². The monoisotopic (exact) mass is 303 g/mol. The van der Waals surface area contributed by atoms with Gasteiger partial charge in [0.15, 0.2) is 9.84 Å². The summed E-state index contributed by atoms with van der Waals surface area (Å²) >= 11 is 5.70. The van der Waals surface area contributed by atoms with E-state index in [1.807, 2.05) is 0 Å². The molecular formula is C11H14ClN3O3S. The van der Waals surface area contributed by atoms with Crippen LogP contribution in [0.25, 0.3) is 0 Å². The Bertz CT molecular complexity index is 591. The zero-order valence-corrected chi connectivity index (χ0v) is 12.0. The zero-order chi connectivity index (χ0) is 14.0. The highest BCUT2D eigenvalue weighted by Gasteiger charge is 2.34. The number of hydrogen-bond donors (Lipinski definition) is 0. The molecule has 104 valence electrons. The molecule has 1 aromatic rings. The number of amides is 1. The SMILES string of the molecule is CCN(C(=O)c1cncc(Cl)n1)C1CCS(=O)(=O)C1. The lowest BCUT2D eigenvalue weighted by molar-refractivity contribution is 0.0702. The summed E-state index contributed by atoms with van der Waals surface area (Å²) < 4.78 is 23.0. The lowest BCUT2D eigenvalue weighted by Crippen LogP contribution is -2.41. The molecule has 1 aliphatic heterocycles. The summed E-state index contributed by atoms with van der Waals surface area (Å²) in [5.41, 5.74) is 0.138. The van der Waals surface area contributed by atoms with Crippen molar-refractivity contribution < 1.29 is 13.2 Å². The fraction of sp³-hybridized carbons (Fsp3) is 0.545. The van der Waals surface area contributed by atoms with Gasteiger partial charge in [-0.1, -0.05) is 11.6 Å². The zero-order valence-electron chi connectivity index (χ0n) is 10.4. The van der Waals surface area contributed by atoms with Gasteiger partial charge in [0.2, 0.25) is 0 Å². The number of rotatable bonds is 3. The third-order valence-corrected chi connectivity index (χ3v) is 5.01. The number of nitrogens with zero attached hydrogens (tertiary/aromatic N) is 3. The summed E-state index contributed by atoms with van der Waals surface area (Å²) in [5, 5.41) is 0.140. The maximum Gasteiger partial charge on any atom is 0.274 e. The predicted octanol–water partition coefficient (Wildman–Crippen LogP) is 0.779. The summed E-state index contributed by atoms with van der Waals surface area (Å²) in [4.78, 5) is 21.5. The van der Waals surface area contributed by atoms with Gasteiger partial charge < -0.3 is 4.90 Å². The van der Waals surface area contributed by atoms with Crippen molar-refractivity contribution in [3.63, 3.8) is 0 Å². The third-order valence-electron chi connectivity index (χ3n) is 3.07. The second-order valence-electron chi connectivity index (χ2n) is 4.38. The van der Waals surface area contributed by atoms with Crippen LogP contribution in [-0.2, 0) is 9.84 Å². The van der Waals surface area contributed by atoms with Crippen molar-refractivity contribution in [1.29, 1.82) is 0 Å². The normalized spacial score (nSPS) is 21.3. The molecule has 1 aromatic heterocycles. The molecule has 0 bridgehead atoms. The Morgan fingerprint density at radius 3 is 2.79 bits per heavy atom. The van der Waals surface area contributed by atoms with E-state index in [1.165, 1.54) is 17.3 Å². The van der Waals surface area contributed by atoms with Crippen molar-refractivity contribution in [2.24, 2.45) is 0 Å². The molecule has 0 aromatic carbocycles. The summed E-state index contributed by atoms with van der Waals surface area (Å²) in [7, 11) is -3.03. The Labute approximate surface area is 116 Å². The summed E-state index contributed by atoms with van der Waals surface area (Å²) in [6.45, 7) is 2.23. The fourth-order valence-electron chi connectivity index (χ4n) is 2.18. The number of carbonyl (C=O) groups is 1. The van der Waals surface area contributed by atoms with Gasteiger partial charge >= 0.3 is 0 Å². The van der Waals surface area contributed by atoms with Crippen molar-refractivity contribution in [2.45, 2.75) is 19.4 Å². The molecule has 1 amide bonds. The van der Waals surface area contributed by atoms with Gasteiger partial charge in [0.1, 0.15) is 10.8 Å². The first-order valence-electron chi connectivity index (χ1n) is 5.92. The molecule has 0 radical (unpaired) electrons. The maximum atomic E-state index is 12.3. The highest BCUT2D eigenvalue weighted by molar-refractivity contribution is 7.91. The van der Waals surface area contributed by atoms with Crippen LogP contribution in [-0.4, -0.2) is 53.3 Å². The average Bonchev–Trinajstić information content (AvgIpc) is 2.70. The Morgan fingerprint density at radius 2 is 2.26 bits per heavy atom. The molecule has 19 heavy (non-hydrogen) atoms. The van der Waals surface area contributed by atoms with Crippen molar-refractivity contribution in [1.82, 2.24) is 14.9 Å². The average molecular weight is 304 g/mol. The predicted molar refractivity (Wildman–Crippen MR) is 70.8 cm³/mol. The highest BCUT2D eigenvalue weighted by atomic mass is 35.5. The molecule has 6 nitrogen and oxygen atoms in total. The van der Waals surface area contributed by atoms with Crippen LogP contribution in [0.3, 0.4) is 0 Å².